The molecule has 2 rings (SSSR count). The van der Waals surface area contributed by atoms with E-state index in [1.165, 1.54) is 0 Å². The molecule has 0 amide bonds. The number of Topliss-reactive ketones (excluding diaryl/α,β-unsaturated/α-hetero) is 1. The topological polar surface area (TPSA) is 105 Å². The third-order valence-electron chi connectivity index (χ3n) is 5.06. The van der Waals surface area contributed by atoms with Crippen LogP contribution in [0.5, 0.6) is 11.5 Å². The molecular formula is C24H30N2O5S. The van der Waals surface area contributed by atoms with Gasteiger partial charge in [0.05, 0.1) is 31.0 Å². The minimum atomic E-state index is -3.45. The van der Waals surface area contributed by atoms with Gasteiger partial charge in [-0.3, -0.25) is 4.79 Å². The molecule has 0 bridgehead atoms. The van der Waals surface area contributed by atoms with Crippen LogP contribution >= 0.6 is 0 Å². The summed E-state index contributed by atoms with van der Waals surface area (Å²) < 4.78 is 35.5. The molecule has 0 atom stereocenters. The number of rotatable bonds is 12. The Morgan fingerprint density at radius 1 is 1.09 bits per heavy atom. The summed E-state index contributed by atoms with van der Waals surface area (Å²) in [6.45, 7) is 6.25. The first kappa shape index (κ1) is 25.4. The van der Waals surface area contributed by atoms with Gasteiger partial charge in [-0.2, -0.15) is 5.26 Å². The summed E-state index contributed by atoms with van der Waals surface area (Å²) >= 11 is 0. The van der Waals surface area contributed by atoms with Crippen molar-refractivity contribution < 1.29 is 22.7 Å². The molecule has 0 spiro atoms. The third-order valence-corrected chi connectivity index (χ3v) is 5.73. The third kappa shape index (κ3) is 7.36. The van der Waals surface area contributed by atoms with Gasteiger partial charge in [0.2, 0.25) is 10.0 Å². The number of nitriles is 1. The fourth-order valence-corrected chi connectivity index (χ4v) is 3.56. The Morgan fingerprint density at radius 2 is 1.75 bits per heavy atom. The van der Waals surface area contributed by atoms with Crippen molar-refractivity contribution >= 4 is 15.8 Å². The summed E-state index contributed by atoms with van der Waals surface area (Å²) in [6.07, 6.45) is 3.06. The maximum absolute atomic E-state index is 11.8. The first-order valence-electron chi connectivity index (χ1n) is 10.4. The summed E-state index contributed by atoms with van der Waals surface area (Å²) in [6, 6.07) is 15.2. The van der Waals surface area contributed by atoms with Crippen LogP contribution in [0.4, 0.5) is 0 Å². The lowest BCUT2D eigenvalue weighted by Crippen LogP contribution is -2.31. The van der Waals surface area contributed by atoms with E-state index in [2.05, 4.69) is 17.7 Å². The van der Waals surface area contributed by atoms with Crippen molar-refractivity contribution in [3.05, 3.63) is 59.2 Å². The zero-order valence-corrected chi connectivity index (χ0v) is 19.8. The van der Waals surface area contributed by atoms with E-state index >= 15 is 0 Å². The average molecular weight is 459 g/mol. The largest absolute Gasteiger partial charge is 0.494 e. The second kappa shape index (κ2) is 11.1. The normalized spacial score (nSPS) is 11.6. The molecule has 172 valence electrons. The molecule has 0 radical (unpaired) electrons. The minimum Gasteiger partial charge on any atom is -0.494 e. The van der Waals surface area contributed by atoms with E-state index in [1.54, 1.807) is 12.1 Å². The molecule has 0 aliphatic heterocycles. The summed E-state index contributed by atoms with van der Waals surface area (Å²) in [5.74, 6) is 0.769. The molecule has 0 fully saturated rings. The zero-order valence-electron chi connectivity index (χ0n) is 19.0. The molecule has 2 aromatic rings. The van der Waals surface area contributed by atoms with E-state index in [1.807, 2.05) is 44.2 Å². The first-order chi connectivity index (χ1) is 15.1. The molecule has 0 saturated carbocycles. The van der Waals surface area contributed by atoms with Gasteiger partial charge < -0.3 is 9.47 Å². The van der Waals surface area contributed by atoms with Crippen LogP contribution in [-0.2, 0) is 20.2 Å². The van der Waals surface area contributed by atoms with Gasteiger partial charge >= 0.3 is 0 Å². The number of nitrogens with zero attached hydrogens (tertiary/aromatic N) is 1. The lowest BCUT2D eigenvalue weighted by molar-refractivity contribution is -0.119. The van der Waals surface area contributed by atoms with Crippen LogP contribution in [0, 0.1) is 11.3 Å². The Bertz CT molecular complexity index is 1070. The van der Waals surface area contributed by atoms with Crippen LogP contribution in [0.3, 0.4) is 0 Å². The van der Waals surface area contributed by atoms with E-state index in [4.69, 9.17) is 9.47 Å². The second-order valence-corrected chi connectivity index (χ2v) is 9.92. The molecule has 0 saturated heterocycles. The summed E-state index contributed by atoms with van der Waals surface area (Å²) in [5.41, 5.74) is 1.86. The van der Waals surface area contributed by atoms with Gasteiger partial charge in [0.1, 0.15) is 18.1 Å². The van der Waals surface area contributed by atoms with Crippen molar-refractivity contribution in [3.8, 4) is 17.6 Å². The van der Waals surface area contributed by atoms with Crippen molar-refractivity contribution in [1.82, 2.24) is 4.72 Å². The minimum absolute atomic E-state index is 0.296. The number of ether oxygens (including phenoxy) is 2. The highest BCUT2D eigenvalue weighted by molar-refractivity contribution is 7.88. The van der Waals surface area contributed by atoms with Gasteiger partial charge in [0, 0.05) is 5.41 Å². The Hall–Kier alpha value is -2.89. The number of ketones is 1. The number of benzene rings is 2. The van der Waals surface area contributed by atoms with Gasteiger partial charge in [0.25, 0.3) is 0 Å². The van der Waals surface area contributed by atoms with Crippen molar-refractivity contribution in [3.63, 3.8) is 0 Å². The van der Waals surface area contributed by atoms with Crippen LogP contribution < -0.4 is 14.2 Å². The highest BCUT2D eigenvalue weighted by atomic mass is 32.2. The van der Waals surface area contributed by atoms with E-state index in [-0.39, 0.29) is 13.2 Å². The number of nitrogens with one attached hydrogen (secondary N) is 1. The zero-order chi connectivity index (χ0) is 23.8. The summed E-state index contributed by atoms with van der Waals surface area (Å²) in [7, 11) is -3.45. The monoisotopic (exact) mass is 458 g/mol. The molecule has 0 aliphatic carbocycles. The molecule has 8 heteroatoms. The van der Waals surface area contributed by atoms with Crippen LogP contribution in [0.1, 0.15) is 50.3 Å². The van der Waals surface area contributed by atoms with E-state index in [0.717, 1.165) is 36.0 Å². The Kier molecular flexibility index (Phi) is 8.81. The molecule has 1 N–H and O–H groups in total. The van der Waals surface area contributed by atoms with Crippen LogP contribution in [0.2, 0.25) is 0 Å². The van der Waals surface area contributed by atoms with Gasteiger partial charge in [-0.25, -0.2) is 13.1 Å². The van der Waals surface area contributed by atoms with Crippen molar-refractivity contribution in [2.75, 3.05) is 26.0 Å². The molecule has 0 heterocycles. The Morgan fingerprint density at radius 3 is 2.34 bits per heavy atom. The smallest absolute Gasteiger partial charge is 0.209 e. The molecule has 0 aliphatic rings. The van der Waals surface area contributed by atoms with Crippen LogP contribution in [-0.4, -0.2) is 40.2 Å². The van der Waals surface area contributed by atoms with Crippen molar-refractivity contribution in [2.24, 2.45) is 0 Å². The summed E-state index contributed by atoms with van der Waals surface area (Å²) in [4.78, 5) is 11.8. The maximum Gasteiger partial charge on any atom is 0.209 e. The van der Waals surface area contributed by atoms with E-state index < -0.39 is 21.2 Å². The van der Waals surface area contributed by atoms with Gasteiger partial charge in [-0.1, -0.05) is 45.4 Å². The van der Waals surface area contributed by atoms with E-state index in [9.17, 15) is 18.5 Å². The highest BCUT2D eigenvalue weighted by Crippen LogP contribution is 2.35. The Balaban J connectivity index is 2.12. The SMILES string of the molecule is CCCCOc1ccc(C(C)(C)c2ccc(OCC(=O)CNS(C)(=O)=O)cc2C#N)cc1. The number of carbonyl (C=O) groups is 1. The number of hydrogen-bond acceptors (Lipinski definition) is 6. The average Bonchev–Trinajstić information content (AvgIpc) is 2.76. The number of sulfonamides is 1. The van der Waals surface area contributed by atoms with Crippen LogP contribution in [0.25, 0.3) is 0 Å². The lowest BCUT2D eigenvalue weighted by atomic mass is 9.76. The molecule has 7 nitrogen and oxygen atoms in total. The predicted octanol–water partition coefficient (Wildman–Crippen LogP) is 3.56. The number of unbranched alkanes of at least 4 members (excludes halogenated alkanes) is 1. The first-order valence-corrected chi connectivity index (χ1v) is 12.3. The molecular weight excluding hydrogens is 428 g/mol. The quantitative estimate of drug-likeness (QED) is 0.488. The van der Waals surface area contributed by atoms with Gasteiger partial charge in [-0.15, -0.1) is 0 Å². The van der Waals surface area contributed by atoms with Crippen molar-refractivity contribution in [2.45, 2.75) is 39.0 Å². The van der Waals surface area contributed by atoms with E-state index in [0.29, 0.717) is 17.9 Å². The second-order valence-electron chi connectivity index (χ2n) is 8.09. The highest BCUT2D eigenvalue weighted by Gasteiger charge is 2.26. The molecule has 0 aromatic heterocycles. The number of hydrogen-bond donors (Lipinski definition) is 1. The summed E-state index contributed by atoms with van der Waals surface area (Å²) in [5, 5.41) is 9.70. The molecule has 2 aromatic carbocycles. The van der Waals surface area contributed by atoms with Gasteiger partial charge in [-0.05, 0) is 41.8 Å². The fraction of sp³-hybridized carbons (Fsp3) is 0.417. The van der Waals surface area contributed by atoms with Crippen LogP contribution in [0.15, 0.2) is 42.5 Å². The number of carbonyl (C=O) groups excluding carboxylic acids is 1. The fourth-order valence-electron chi connectivity index (χ4n) is 3.13. The standard InChI is InChI=1S/C24H30N2O5S/c1-5-6-13-30-21-9-7-19(8-10-21)24(2,3)23-12-11-22(14-18(23)15-25)31-17-20(27)16-26-32(4,28)29/h7-12,14,26H,5-6,13,16-17H2,1-4H3. The van der Waals surface area contributed by atoms with Gasteiger partial charge in [0.15, 0.2) is 5.78 Å². The maximum atomic E-state index is 11.8. The molecule has 32 heavy (non-hydrogen) atoms. The predicted molar refractivity (Wildman–Crippen MR) is 123 cm³/mol. The lowest BCUT2D eigenvalue weighted by Gasteiger charge is -2.27. The Labute approximate surface area is 190 Å². The van der Waals surface area contributed by atoms with Crippen molar-refractivity contribution in [1.29, 1.82) is 5.26 Å². The molecule has 0 unspecified atom stereocenters.